The molecule has 0 bridgehead atoms. The number of hydrogen-bond donors (Lipinski definition) is 1. The molecule has 2 heteroatoms. The summed E-state index contributed by atoms with van der Waals surface area (Å²) in [5.41, 5.74) is 17.8. The van der Waals surface area contributed by atoms with Gasteiger partial charge < -0.3 is 10.2 Å². The topological polar surface area (TPSA) is 15.3 Å². The van der Waals surface area contributed by atoms with Crippen LogP contribution in [0.2, 0.25) is 0 Å². The molecule has 0 unspecified atom stereocenters. The first-order valence-corrected chi connectivity index (χ1v) is 17.6. The molecule has 0 fully saturated rings. The Morgan fingerprint density at radius 2 is 0.863 bits per heavy atom. The van der Waals surface area contributed by atoms with Crippen LogP contribution < -0.4 is 10.2 Å². The Hall–Kier alpha value is -6.64. The van der Waals surface area contributed by atoms with E-state index >= 15 is 0 Å². The van der Waals surface area contributed by atoms with E-state index in [1.54, 1.807) is 0 Å². The van der Waals surface area contributed by atoms with Crippen molar-refractivity contribution in [2.45, 2.75) is 5.41 Å². The van der Waals surface area contributed by atoms with Crippen LogP contribution in [0.4, 0.5) is 28.4 Å². The average Bonchev–Trinajstić information content (AvgIpc) is 3.49. The SMILES string of the molecule is c1ccc(-c2ccc(-c3ccccc3Nc3ccc4c(c3)C3(c5ccccc5-4)c4ccccc4N(c4ccccc4)c4ccccc43)cc2)cc1. The smallest absolute Gasteiger partial charge is 0.0755 e. The van der Waals surface area contributed by atoms with Crippen molar-refractivity contribution in [3.05, 3.63) is 222 Å². The normalized spacial score (nSPS) is 13.2. The van der Waals surface area contributed by atoms with Gasteiger partial charge in [0.05, 0.1) is 16.8 Å². The Morgan fingerprint density at radius 3 is 1.57 bits per heavy atom. The summed E-state index contributed by atoms with van der Waals surface area (Å²) in [5.74, 6) is 0. The van der Waals surface area contributed by atoms with Gasteiger partial charge in [-0.3, -0.25) is 0 Å². The molecule has 10 rings (SSSR count). The van der Waals surface area contributed by atoms with Crippen LogP contribution in [0, 0.1) is 0 Å². The third-order valence-electron chi connectivity index (χ3n) is 10.7. The summed E-state index contributed by atoms with van der Waals surface area (Å²) < 4.78 is 0. The molecule has 240 valence electrons. The number of anilines is 5. The number of para-hydroxylation sites is 4. The van der Waals surface area contributed by atoms with E-state index in [1.165, 1.54) is 67.0 Å². The summed E-state index contributed by atoms with van der Waals surface area (Å²) >= 11 is 0. The van der Waals surface area contributed by atoms with Gasteiger partial charge in [-0.2, -0.15) is 0 Å². The second-order valence-electron chi connectivity index (χ2n) is 13.4. The van der Waals surface area contributed by atoms with Crippen LogP contribution in [-0.2, 0) is 5.41 Å². The summed E-state index contributed by atoms with van der Waals surface area (Å²) in [4.78, 5) is 2.43. The van der Waals surface area contributed by atoms with Crippen molar-refractivity contribution in [3.63, 3.8) is 0 Å². The molecule has 1 heterocycles. The van der Waals surface area contributed by atoms with Crippen LogP contribution in [-0.4, -0.2) is 0 Å². The minimum Gasteiger partial charge on any atom is -0.355 e. The van der Waals surface area contributed by atoms with Crippen LogP contribution in [0.1, 0.15) is 22.3 Å². The Kier molecular flexibility index (Phi) is 6.75. The van der Waals surface area contributed by atoms with Gasteiger partial charge in [0, 0.05) is 22.6 Å². The van der Waals surface area contributed by atoms with Crippen molar-refractivity contribution >= 4 is 28.4 Å². The molecule has 1 aliphatic heterocycles. The lowest BCUT2D eigenvalue weighted by Gasteiger charge is -2.45. The van der Waals surface area contributed by atoms with Gasteiger partial charge in [-0.15, -0.1) is 0 Å². The van der Waals surface area contributed by atoms with Crippen molar-refractivity contribution in [2.24, 2.45) is 0 Å². The molecule has 0 amide bonds. The molecule has 1 N–H and O–H groups in total. The van der Waals surface area contributed by atoms with E-state index in [1.807, 2.05) is 0 Å². The largest absolute Gasteiger partial charge is 0.355 e. The first kappa shape index (κ1) is 29.3. The van der Waals surface area contributed by atoms with E-state index in [0.29, 0.717) is 0 Å². The first-order valence-electron chi connectivity index (χ1n) is 17.6. The number of benzene rings is 8. The molecular weight excluding hydrogens is 617 g/mol. The van der Waals surface area contributed by atoms with Crippen LogP contribution >= 0.6 is 0 Å². The molecule has 51 heavy (non-hydrogen) atoms. The van der Waals surface area contributed by atoms with Crippen molar-refractivity contribution in [3.8, 4) is 33.4 Å². The lowest BCUT2D eigenvalue weighted by atomic mass is 9.64. The lowest BCUT2D eigenvalue weighted by Crippen LogP contribution is -2.36. The van der Waals surface area contributed by atoms with E-state index in [9.17, 15) is 0 Å². The maximum Gasteiger partial charge on any atom is 0.0755 e. The molecule has 2 aliphatic rings. The van der Waals surface area contributed by atoms with Crippen LogP contribution in [0.15, 0.2) is 200 Å². The third-order valence-corrected chi connectivity index (χ3v) is 10.7. The zero-order valence-corrected chi connectivity index (χ0v) is 28.0. The monoisotopic (exact) mass is 650 g/mol. The molecular formula is C49H34N2. The van der Waals surface area contributed by atoms with Gasteiger partial charge in [0.15, 0.2) is 0 Å². The maximum absolute atomic E-state index is 3.87. The highest BCUT2D eigenvalue weighted by Gasteiger charge is 2.51. The van der Waals surface area contributed by atoms with Gasteiger partial charge >= 0.3 is 0 Å². The van der Waals surface area contributed by atoms with Crippen LogP contribution in [0.3, 0.4) is 0 Å². The Morgan fingerprint density at radius 1 is 0.353 bits per heavy atom. The molecule has 1 spiro atoms. The van der Waals surface area contributed by atoms with Crippen molar-refractivity contribution in [1.29, 1.82) is 0 Å². The van der Waals surface area contributed by atoms with Crippen molar-refractivity contribution in [1.82, 2.24) is 0 Å². The van der Waals surface area contributed by atoms with Crippen molar-refractivity contribution < 1.29 is 0 Å². The predicted octanol–water partition coefficient (Wildman–Crippen LogP) is 12.9. The molecule has 0 saturated heterocycles. The number of hydrogen-bond acceptors (Lipinski definition) is 2. The highest BCUT2D eigenvalue weighted by atomic mass is 15.2. The van der Waals surface area contributed by atoms with Gasteiger partial charge in [-0.25, -0.2) is 0 Å². The molecule has 2 nitrogen and oxygen atoms in total. The van der Waals surface area contributed by atoms with Gasteiger partial charge in [-0.05, 0) is 92.5 Å². The first-order chi connectivity index (χ1) is 25.3. The molecule has 0 radical (unpaired) electrons. The highest BCUT2D eigenvalue weighted by Crippen LogP contribution is 2.63. The molecule has 0 saturated carbocycles. The molecule has 0 atom stereocenters. The van der Waals surface area contributed by atoms with E-state index in [4.69, 9.17) is 0 Å². The second kappa shape index (κ2) is 11.8. The van der Waals surface area contributed by atoms with Gasteiger partial charge in [0.2, 0.25) is 0 Å². The number of nitrogens with zero attached hydrogens (tertiary/aromatic N) is 1. The molecule has 8 aromatic carbocycles. The van der Waals surface area contributed by atoms with Gasteiger partial charge in [0.1, 0.15) is 0 Å². The van der Waals surface area contributed by atoms with E-state index in [2.05, 4.69) is 210 Å². The summed E-state index contributed by atoms with van der Waals surface area (Å²) in [6.07, 6.45) is 0. The summed E-state index contributed by atoms with van der Waals surface area (Å²) in [6, 6.07) is 72.7. The number of rotatable bonds is 5. The van der Waals surface area contributed by atoms with Crippen molar-refractivity contribution in [2.75, 3.05) is 10.2 Å². The third kappa shape index (κ3) is 4.50. The zero-order valence-electron chi connectivity index (χ0n) is 28.0. The second-order valence-corrected chi connectivity index (χ2v) is 13.4. The molecule has 0 aromatic heterocycles. The van der Waals surface area contributed by atoms with Crippen LogP contribution in [0.5, 0.6) is 0 Å². The maximum atomic E-state index is 3.87. The quantitative estimate of drug-likeness (QED) is 0.199. The van der Waals surface area contributed by atoms with E-state index in [0.717, 1.165) is 17.1 Å². The fourth-order valence-electron chi connectivity index (χ4n) is 8.51. The minimum absolute atomic E-state index is 0.491. The Balaban J connectivity index is 1.13. The minimum atomic E-state index is -0.491. The Bertz CT molecular complexity index is 2500. The number of fused-ring (bicyclic) bond motifs is 9. The van der Waals surface area contributed by atoms with Crippen LogP contribution in [0.25, 0.3) is 33.4 Å². The fraction of sp³-hybridized carbons (Fsp3) is 0.0204. The summed E-state index contributed by atoms with van der Waals surface area (Å²) in [6.45, 7) is 0. The zero-order chi connectivity index (χ0) is 33.8. The molecule has 1 aliphatic carbocycles. The fourth-order valence-corrected chi connectivity index (χ4v) is 8.51. The van der Waals surface area contributed by atoms with E-state index in [-0.39, 0.29) is 0 Å². The average molecular weight is 651 g/mol. The standard InChI is InChI=1S/C49H34N2/c1-3-15-34(16-4-1)35-27-29-36(30-28-35)39-19-8-12-24-46(39)50-37-31-32-41-40-20-7-9-21-42(40)49(45(41)33-37)43-22-10-13-25-47(43)51(38-17-5-2-6-18-38)48-26-14-11-23-44(48)49/h1-33,50H. The number of nitrogens with one attached hydrogen (secondary N) is 1. The summed E-state index contributed by atoms with van der Waals surface area (Å²) in [7, 11) is 0. The van der Waals surface area contributed by atoms with Gasteiger partial charge in [-0.1, -0.05) is 158 Å². The summed E-state index contributed by atoms with van der Waals surface area (Å²) in [5, 5.41) is 3.87. The highest BCUT2D eigenvalue weighted by molar-refractivity contribution is 5.96. The van der Waals surface area contributed by atoms with Gasteiger partial charge in [0.25, 0.3) is 0 Å². The lowest BCUT2D eigenvalue weighted by molar-refractivity contribution is 0.753. The Labute approximate surface area is 298 Å². The predicted molar refractivity (Wildman–Crippen MR) is 213 cm³/mol. The molecule has 8 aromatic rings. The van der Waals surface area contributed by atoms with E-state index < -0.39 is 5.41 Å².